The molecule has 0 bridgehead atoms. The fraction of sp³-hybridized carbons (Fsp3) is 0.435. The molecule has 2 aromatic rings. The summed E-state index contributed by atoms with van der Waals surface area (Å²) in [7, 11) is 0.567. The minimum absolute atomic E-state index is 0. The maximum absolute atomic E-state index is 13.7. The average molecular weight is 577 g/mol. The summed E-state index contributed by atoms with van der Waals surface area (Å²) in [5, 5.41) is 6.42. The highest BCUT2D eigenvalue weighted by molar-refractivity contribution is 14.0. The van der Waals surface area contributed by atoms with E-state index in [9.17, 15) is 12.8 Å². The van der Waals surface area contributed by atoms with Crippen molar-refractivity contribution >= 4 is 39.8 Å². The average Bonchev–Trinajstić information content (AvgIpc) is 2.71. The van der Waals surface area contributed by atoms with Crippen LogP contribution in [0.25, 0.3) is 0 Å². The first-order chi connectivity index (χ1) is 14.7. The molecule has 0 aliphatic carbocycles. The topological polar surface area (TPSA) is 73.8 Å². The molecule has 32 heavy (non-hydrogen) atoms. The van der Waals surface area contributed by atoms with Crippen LogP contribution in [0.5, 0.6) is 0 Å². The van der Waals surface area contributed by atoms with Crippen LogP contribution in [0.2, 0.25) is 0 Å². The molecule has 0 spiro atoms. The number of nitrogens with zero attached hydrogens (tertiary/aromatic N) is 2. The van der Waals surface area contributed by atoms with E-state index < -0.39 is 15.7 Å². The van der Waals surface area contributed by atoms with Crippen molar-refractivity contribution in [1.82, 2.24) is 15.5 Å². The number of guanidine groups is 1. The summed E-state index contributed by atoms with van der Waals surface area (Å²) in [4.78, 5) is 6.51. The first-order valence-corrected chi connectivity index (χ1v) is 12.4. The van der Waals surface area contributed by atoms with Crippen molar-refractivity contribution in [3.63, 3.8) is 0 Å². The van der Waals surface area contributed by atoms with Crippen molar-refractivity contribution in [3.05, 3.63) is 71.0 Å². The molecule has 2 N–H and O–H groups in total. The van der Waals surface area contributed by atoms with Crippen molar-refractivity contribution < 1.29 is 12.8 Å². The molecule has 6 nitrogen and oxygen atoms in total. The van der Waals surface area contributed by atoms with Gasteiger partial charge >= 0.3 is 0 Å². The van der Waals surface area contributed by atoms with E-state index in [4.69, 9.17) is 0 Å². The number of hydrogen-bond acceptors (Lipinski definition) is 4. The summed E-state index contributed by atoms with van der Waals surface area (Å²) in [6, 6.07) is 14.9. The Labute approximate surface area is 208 Å². The van der Waals surface area contributed by atoms with E-state index in [-0.39, 0.29) is 36.3 Å². The van der Waals surface area contributed by atoms with Gasteiger partial charge in [-0.2, -0.15) is 0 Å². The summed E-state index contributed by atoms with van der Waals surface area (Å²) < 4.78 is 37.0. The lowest BCUT2D eigenvalue weighted by Crippen LogP contribution is -2.39. The van der Waals surface area contributed by atoms with Crippen LogP contribution in [0, 0.1) is 5.82 Å². The molecule has 1 atom stereocenters. The van der Waals surface area contributed by atoms with E-state index >= 15 is 0 Å². The fourth-order valence-electron chi connectivity index (χ4n) is 3.23. The Morgan fingerprint density at radius 2 is 1.81 bits per heavy atom. The summed E-state index contributed by atoms with van der Waals surface area (Å²) in [5.74, 6) is 0.0708. The predicted octanol–water partition coefficient (Wildman–Crippen LogP) is 3.56. The maximum Gasteiger partial charge on any atom is 0.191 e. The van der Waals surface area contributed by atoms with Crippen LogP contribution < -0.4 is 10.6 Å². The van der Waals surface area contributed by atoms with Crippen molar-refractivity contribution in [1.29, 1.82) is 0 Å². The van der Waals surface area contributed by atoms with Gasteiger partial charge in [0.15, 0.2) is 15.8 Å². The predicted molar refractivity (Wildman–Crippen MR) is 141 cm³/mol. The van der Waals surface area contributed by atoms with Gasteiger partial charge in [-0.1, -0.05) is 36.4 Å². The molecule has 178 valence electrons. The number of hydrogen-bond donors (Lipinski definition) is 2. The molecule has 0 radical (unpaired) electrons. The Morgan fingerprint density at radius 1 is 1.12 bits per heavy atom. The third kappa shape index (κ3) is 10.3. The van der Waals surface area contributed by atoms with E-state index in [1.165, 1.54) is 30.0 Å². The van der Waals surface area contributed by atoms with Gasteiger partial charge in [-0.25, -0.2) is 12.8 Å². The zero-order valence-corrected chi connectivity index (χ0v) is 22.3. The molecular weight excluding hydrogens is 542 g/mol. The van der Waals surface area contributed by atoms with Crippen LogP contribution in [0.4, 0.5) is 4.39 Å². The highest BCUT2D eigenvalue weighted by Gasteiger charge is 2.12. The highest BCUT2D eigenvalue weighted by atomic mass is 127. The van der Waals surface area contributed by atoms with Crippen molar-refractivity contribution in [2.45, 2.75) is 38.2 Å². The Hall–Kier alpha value is -1.72. The van der Waals surface area contributed by atoms with E-state index in [0.29, 0.717) is 23.1 Å². The lowest BCUT2D eigenvalue weighted by molar-refractivity contribution is 0.238. The summed E-state index contributed by atoms with van der Waals surface area (Å²) in [5.41, 5.74) is 2.47. The second-order valence-electron chi connectivity index (χ2n) is 7.87. The molecular formula is C23H34FIN4O2S. The largest absolute Gasteiger partial charge is 0.356 e. The summed E-state index contributed by atoms with van der Waals surface area (Å²) in [6.07, 6.45) is 2.09. The van der Waals surface area contributed by atoms with Crippen LogP contribution in [0.1, 0.15) is 30.0 Å². The third-order valence-corrected chi connectivity index (χ3v) is 5.97. The quantitative estimate of drug-likeness (QED) is 0.257. The van der Waals surface area contributed by atoms with Gasteiger partial charge in [0.1, 0.15) is 5.82 Å². The molecule has 2 rings (SSSR count). The van der Waals surface area contributed by atoms with Gasteiger partial charge in [-0.05, 0) is 49.2 Å². The van der Waals surface area contributed by atoms with Crippen LogP contribution in [0.3, 0.4) is 0 Å². The SMILES string of the molecule is CN=C(NCCC(C)N(C)Cc1ccccc1)NCc1cc(F)ccc1CS(C)(=O)=O.I. The Kier molecular flexibility index (Phi) is 12.2. The van der Waals surface area contributed by atoms with Crippen molar-refractivity contribution in [2.24, 2.45) is 4.99 Å². The molecule has 0 fully saturated rings. The van der Waals surface area contributed by atoms with E-state index in [1.807, 2.05) is 18.2 Å². The normalized spacial score (nSPS) is 12.9. The molecule has 0 amide bonds. The third-order valence-electron chi connectivity index (χ3n) is 5.14. The minimum Gasteiger partial charge on any atom is -0.356 e. The summed E-state index contributed by atoms with van der Waals surface area (Å²) in [6.45, 7) is 4.08. The van der Waals surface area contributed by atoms with Crippen LogP contribution in [-0.2, 0) is 28.7 Å². The Bertz CT molecular complexity index is 971. The molecule has 0 aliphatic heterocycles. The van der Waals surface area contributed by atoms with Crippen LogP contribution in [-0.4, -0.2) is 52.2 Å². The van der Waals surface area contributed by atoms with Crippen molar-refractivity contribution in [2.75, 3.05) is 26.9 Å². The first kappa shape index (κ1) is 28.3. The van der Waals surface area contributed by atoms with Gasteiger partial charge in [0.2, 0.25) is 0 Å². The van der Waals surface area contributed by atoms with Crippen LogP contribution in [0.15, 0.2) is 53.5 Å². The first-order valence-electron chi connectivity index (χ1n) is 10.3. The maximum atomic E-state index is 13.7. The standard InChI is InChI=1S/C23H33FN4O2S.HI/c1-18(28(3)16-19-8-6-5-7-9-19)12-13-26-23(25-2)27-15-21-14-22(24)11-10-20(21)17-31(4,29)30;/h5-11,14,18H,12-13,15-17H2,1-4H3,(H2,25,26,27);1H. The monoisotopic (exact) mass is 576 g/mol. The van der Waals surface area contributed by atoms with Gasteiger partial charge in [-0.15, -0.1) is 24.0 Å². The number of rotatable bonds is 10. The Morgan fingerprint density at radius 3 is 2.44 bits per heavy atom. The number of sulfone groups is 1. The Balaban J connectivity index is 0.00000512. The number of nitrogens with one attached hydrogen (secondary N) is 2. The molecule has 2 aromatic carbocycles. The second-order valence-corrected chi connectivity index (χ2v) is 10.0. The lowest BCUT2D eigenvalue weighted by atomic mass is 10.1. The second kappa shape index (κ2) is 13.7. The molecule has 0 saturated heterocycles. The number of aliphatic imine (C=N–C) groups is 1. The minimum atomic E-state index is -3.21. The fourth-order valence-corrected chi connectivity index (χ4v) is 4.08. The highest BCUT2D eigenvalue weighted by Crippen LogP contribution is 2.14. The molecule has 0 heterocycles. The smallest absolute Gasteiger partial charge is 0.191 e. The van der Waals surface area contributed by atoms with Gasteiger partial charge in [0.05, 0.1) is 5.75 Å². The van der Waals surface area contributed by atoms with E-state index in [0.717, 1.165) is 19.5 Å². The molecule has 0 aromatic heterocycles. The molecule has 9 heteroatoms. The van der Waals surface area contributed by atoms with Gasteiger partial charge < -0.3 is 10.6 Å². The lowest BCUT2D eigenvalue weighted by Gasteiger charge is -2.25. The molecule has 0 aliphatic rings. The van der Waals surface area contributed by atoms with E-state index in [2.05, 4.69) is 46.6 Å². The van der Waals surface area contributed by atoms with Crippen LogP contribution >= 0.6 is 24.0 Å². The molecule has 0 saturated carbocycles. The van der Waals surface area contributed by atoms with Gasteiger partial charge in [-0.3, -0.25) is 9.89 Å². The number of benzene rings is 2. The zero-order valence-electron chi connectivity index (χ0n) is 19.1. The van der Waals surface area contributed by atoms with Crippen molar-refractivity contribution in [3.8, 4) is 0 Å². The van der Waals surface area contributed by atoms with Gasteiger partial charge in [0.25, 0.3) is 0 Å². The molecule has 1 unspecified atom stereocenters. The van der Waals surface area contributed by atoms with E-state index in [1.54, 1.807) is 7.05 Å². The summed E-state index contributed by atoms with van der Waals surface area (Å²) >= 11 is 0. The number of halogens is 2. The zero-order chi connectivity index (χ0) is 22.9. The van der Waals surface area contributed by atoms with Gasteiger partial charge in [0, 0.05) is 39.0 Å².